The fourth-order valence-electron chi connectivity index (χ4n) is 4.72. The molecule has 0 radical (unpaired) electrons. The van der Waals surface area contributed by atoms with Crippen LogP contribution in [0.2, 0.25) is 5.02 Å². The van der Waals surface area contributed by atoms with Crippen molar-refractivity contribution < 1.29 is 18.8 Å². The van der Waals surface area contributed by atoms with Gasteiger partial charge in [-0.3, -0.25) is 4.98 Å². The number of alkyl carbamates (subject to hydrolysis) is 1. The molecular formula is C29H30BClN2O4. The Morgan fingerprint density at radius 3 is 2.22 bits per heavy atom. The van der Waals surface area contributed by atoms with Gasteiger partial charge in [-0.15, -0.1) is 0 Å². The number of nitrogens with zero attached hydrogens (tertiary/aromatic N) is 1. The molecule has 3 aromatic rings. The van der Waals surface area contributed by atoms with E-state index in [0.29, 0.717) is 5.02 Å². The Hall–Kier alpha value is -3.13. The van der Waals surface area contributed by atoms with Gasteiger partial charge in [0.15, 0.2) is 0 Å². The van der Waals surface area contributed by atoms with E-state index in [1.54, 1.807) is 18.5 Å². The number of hydrogen-bond acceptors (Lipinski definition) is 5. The molecule has 0 spiro atoms. The summed E-state index contributed by atoms with van der Waals surface area (Å²) in [7, 11) is -0.650. The maximum atomic E-state index is 12.8. The summed E-state index contributed by atoms with van der Waals surface area (Å²) in [4.78, 5) is 16.9. The topological polar surface area (TPSA) is 69.7 Å². The predicted molar refractivity (Wildman–Crippen MR) is 146 cm³/mol. The molecule has 2 heterocycles. The minimum absolute atomic E-state index is 0.00751. The molecule has 0 bridgehead atoms. The van der Waals surface area contributed by atoms with E-state index in [1.807, 2.05) is 58.0 Å². The van der Waals surface area contributed by atoms with Crippen molar-refractivity contribution in [3.8, 4) is 11.1 Å². The predicted octanol–water partition coefficient (Wildman–Crippen LogP) is 6.29. The SMILES string of the molecule is CC1(C)OB(C(=Cc2ccncc2Cl)CNC(=O)OCC2c3ccccc3-c3ccccc32)OC1(C)C. The summed E-state index contributed by atoms with van der Waals surface area (Å²) >= 11 is 6.35. The Labute approximate surface area is 223 Å². The normalized spacial score (nSPS) is 17.9. The van der Waals surface area contributed by atoms with Crippen LogP contribution in [0.4, 0.5) is 4.79 Å². The summed E-state index contributed by atoms with van der Waals surface area (Å²) in [5.74, 6) is -0.00751. The van der Waals surface area contributed by atoms with Crippen LogP contribution >= 0.6 is 11.6 Å². The summed E-state index contributed by atoms with van der Waals surface area (Å²) in [5.41, 5.74) is 5.14. The van der Waals surface area contributed by atoms with Gasteiger partial charge in [0, 0.05) is 24.9 Å². The first-order valence-electron chi connectivity index (χ1n) is 12.4. The Morgan fingerprint density at radius 2 is 1.62 bits per heavy atom. The molecule has 2 aliphatic rings. The molecule has 1 N–H and O–H groups in total. The number of carbonyl (C=O) groups excluding carboxylic acids is 1. The zero-order valence-corrected chi connectivity index (χ0v) is 22.2. The van der Waals surface area contributed by atoms with Crippen LogP contribution < -0.4 is 5.32 Å². The van der Waals surface area contributed by atoms with Gasteiger partial charge >= 0.3 is 13.2 Å². The maximum absolute atomic E-state index is 12.8. The van der Waals surface area contributed by atoms with Crippen molar-refractivity contribution in [1.82, 2.24) is 10.3 Å². The molecule has 1 aliphatic heterocycles. The third-order valence-electron chi connectivity index (χ3n) is 7.48. The number of aromatic nitrogens is 1. The second-order valence-electron chi connectivity index (χ2n) is 10.4. The van der Waals surface area contributed by atoms with Crippen LogP contribution in [0.3, 0.4) is 0 Å². The van der Waals surface area contributed by atoms with Crippen LogP contribution in [-0.2, 0) is 14.0 Å². The second-order valence-corrected chi connectivity index (χ2v) is 10.8. The van der Waals surface area contributed by atoms with Crippen molar-refractivity contribution in [2.75, 3.05) is 13.2 Å². The molecule has 37 heavy (non-hydrogen) atoms. The molecule has 8 heteroatoms. The van der Waals surface area contributed by atoms with Crippen LogP contribution in [0, 0.1) is 0 Å². The fourth-order valence-corrected chi connectivity index (χ4v) is 4.90. The quantitative estimate of drug-likeness (QED) is 0.390. The number of rotatable bonds is 6. The number of ether oxygens (including phenoxy) is 1. The number of nitrogens with one attached hydrogen (secondary N) is 1. The van der Waals surface area contributed by atoms with Crippen molar-refractivity contribution in [3.05, 3.63) is 94.2 Å². The van der Waals surface area contributed by atoms with Gasteiger partial charge in [0.25, 0.3) is 0 Å². The van der Waals surface area contributed by atoms with Crippen LogP contribution in [0.15, 0.2) is 72.5 Å². The van der Waals surface area contributed by atoms with Gasteiger partial charge in [-0.2, -0.15) is 0 Å². The van der Waals surface area contributed by atoms with E-state index in [1.165, 1.54) is 22.3 Å². The average molecular weight is 517 g/mol. The highest BCUT2D eigenvalue weighted by molar-refractivity contribution is 6.56. The Bertz CT molecular complexity index is 1300. The van der Waals surface area contributed by atoms with Crippen molar-refractivity contribution in [2.24, 2.45) is 0 Å². The monoisotopic (exact) mass is 516 g/mol. The number of pyridine rings is 1. The molecule has 6 nitrogen and oxygen atoms in total. The lowest BCUT2D eigenvalue weighted by Crippen LogP contribution is -2.41. The van der Waals surface area contributed by atoms with Crippen molar-refractivity contribution in [2.45, 2.75) is 44.8 Å². The lowest BCUT2D eigenvalue weighted by Gasteiger charge is -2.32. The lowest BCUT2D eigenvalue weighted by atomic mass is 9.77. The number of hydrogen-bond donors (Lipinski definition) is 1. The van der Waals surface area contributed by atoms with Crippen LogP contribution in [0.5, 0.6) is 0 Å². The molecule has 1 fully saturated rings. The van der Waals surface area contributed by atoms with Gasteiger partial charge in [-0.1, -0.05) is 66.2 Å². The van der Waals surface area contributed by atoms with Crippen LogP contribution in [0.1, 0.15) is 50.3 Å². The zero-order valence-electron chi connectivity index (χ0n) is 21.5. The second kappa shape index (κ2) is 9.97. The molecule has 5 rings (SSSR count). The lowest BCUT2D eigenvalue weighted by molar-refractivity contribution is 0.00578. The molecular weight excluding hydrogens is 487 g/mol. The van der Waals surface area contributed by atoms with Gasteiger partial charge < -0.3 is 19.4 Å². The molecule has 2 aromatic carbocycles. The van der Waals surface area contributed by atoms with Gasteiger partial charge in [-0.25, -0.2) is 4.79 Å². The Balaban J connectivity index is 1.30. The Kier molecular flexibility index (Phi) is 6.88. The largest absolute Gasteiger partial charge is 0.492 e. The highest BCUT2D eigenvalue weighted by Gasteiger charge is 2.52. The average Bonchev–Trinajstić information content (AvgIpc) is 3.30. The van der Waals surface area contributed by atoms with Crippen LogP contribution in [-0.4, -0.2) is 42.5 Å². The van der Waals surface area contributed by atoms with Gasteiger partial charge in [0.2, 0.25) is 0 Å². The number of benzene rings is 2. The highest BCUT2D eigenvalue weighted by Crippen LogP contribution is 2.44. The molecule has 1 aliphatic carbocycles. The summed E-state index contributed by atoms with van der Waals surface area (Å²) in [6.45, 7) is 8.37. The Morgan fingerprint density at radius 1 is 1.03 bits per heavy atom. The molecule has 1 aromatic heterocycles. The highest BCUT2D eigenvalue weighted by atomic mass is 35.5. The molecule has 190 valence electrons. The maximum Gasteiger partial charge on any atom is 0.492 e. The third-order valence-corrected chi connectivity index (χ3v) is 7.80. The summed E-state index contributed by atoms with van der Waals surface area (Å²) in [5, 5.41) is 3.38. The summed E-state index contributed by atoms with van der Waals surface area (Å²) < 4.78 is 18.2. The van der Waals surface area contributed by atoms with E-state index in [9.17, 15) is 4.79 Å². The smallest absolute Gasteiger partial charge is 0.449 e. The van der Waals surface area contributed by atoms with Gasteiger partial charge in [0.05, 0.1) is 16.2 Å². The van der Waals surface area contributed by atoms with E-state index in [2.05, 4.69) is 34.6 Å². The van der Waals surface area contributed by atoms with E-state index in [-0.39, 0.29) is 19.1 Å². The standard InChI is InChI=1S/C29H30BClN2O4/c1-28(2)29(3,4)37-30(36-28)20(15-19-13-14-32-17-26(19)31)16-33-27(34)35-18-25-23-11-7-5-9-21(23)22-10-6-8-12-24(22)25/h5-15,17,25H,16,18H2,1-4H3,(H,33,34). The van der Waals surface area contributed by atoms with Crippen molar-refractivity contribution >= 4 is 30.9 Å². The summed E-state index contributed by atoms with van der Waals surface area (Å²) in [6, 6.07) is 18.3. The minimum atomic E-state index is -0.650. The number of amides is 1. The number of carbonyl (C=O) groups is 1. The first-order chi connectivity index (χ1) is 17.7. The molecule has 1 amide bonds. The van der Waals surface area contributed by atoms with Crippen LogP contribution in [0.25, 0.3) is 17.2 Å². The molecule has 0 saturated carbocycles. The first-order valence-corrected chi connectivity index (χ1v) is 12.8. The third kappa shape index (κ3) is 5.04. The van der Waals surface area contributed by atoms with E-state index in [0.717, 1.165) is 11.0 Å². The molecule has 0 unspecified atom stereocenters. The van der Waals surface area contributed by atoms with Gasteiger partial charge in [-0.05, 0) is 67.1 Å². The first kappa shape index (κ1) is 25.5. The zero-order chi connectivity index (χ0) is 26.2. The molecule has 1 saturated heterocycles. The summed E-state index contributed by atoms with van der Waals surface area (Å²) in [6.07, 6.45) is 4.60. The molecule has 0 atom stereocenters. The van der Waals surface area contributed by atoms with E-state index in [4.69, 9.17) is 25.6 Å². The fraction of sp³-hybridized carbons (Fsp3) is 0.310. The number of fused-ring (bicyclic) bond motifs is 3. The van der Waals surface area contributed by atoms with E-state index >= 15 is 0 Å². The van der Waals surface area contributed by atoms with Crippen molar-refractivity contribution in [3.63, 3.8) is 0 Å². The minimum Gasteiger partial charge on any atom is -0.449 e. The van der Waals surface area contributed by atoms with E-state index < -0.39 is 24.4 Å². The number of halogens is 1. The van der Waals surface area contributed by atoms with Crippen molar-refractivity contribution in [1.29, 1.82) is 0 Å². The van der Waals surface area contributed by atoms with Gasteiger partial charge in [0.1, 0.15) is 6.61 Å².